The number of para-hydroxylation sites is 1. The minimum atomic E-state index is -0.359. The maximum absolute atomic E-state index is 13.7. The van der Waals surface area contributed by atoms with Gasteiger partial charge in [-0.3, -0.25) is 0 Å². The lowest BCUT2D eigenvalue weighted by molar-refractivity contribution is 0.106. The molecule has 1 aromatic heterocycles. The molecule has 27 heavy (non-hydrogen) atoms. The minimum absolute atomic E-state index is 0.0870. The summed E-state index contributed by atoms with van der Waals surface area (Å²) in [5.74, 6) is 0.662. The highest BCUT2D eigenvalue weighted by Gasteiger charge is 2.26. The van der Waals surface area contributed by atoms with Gasteiger partial charge >= 0.3 is 6.03 Å². The van der Waals surface area contributed by atoms with E-state index in [9.17, 15) is 9.18 Å². The van der Waals surface area contributed by atoms with E-state index in [0.717, 1.165) is 18.8 Å². The fraction of sp³-hybridized carbons (Fsp3) is 0.526. The Bertz CT molecular complexity index is 758. The second-order valence-corrected chi connectivity index (χ2v) is 6.79. The van der Waals surface area contributed by atoms with Gasteiger partial charge in [-0.25, -0.2) is 9.18 Å². The van der Waals surface area contributed by atoms with Crippen molar-refractivity contribution in [3.8, 4) is 5.75 Å². The highest BCUT2D eigenvalue weighted by molar-refractivity contribution is 5.74. The Hall–Kier alpha value is -2.64. The lowest BCUT2D eigenvalue weighted by Gasteiger charge is -2.33. The highest BCUT2D eigenvalue weighted by Crippen LogP contribution is 2.22. The molecule has 0 unspecified atom stereocenters. The van der Waals surface area contributed by atoms with Crippen molar-refractivity contribution in [2.45, 2.75) is 51.8 Å². The fourth-order valence-electron chi connectivity index (χ4n) is 3.25. The molecule has 7 nitrogen and oxygen atoms in total. The van der Waals surface area contributed by atoms with Gasteiger partial charge in [0.1, 0.15) is 12.4 Å². The quantitative estimate of drug-likeness (QED) is 0.842. The zero-order chi connectivity index (χ0) is 19.2. The van der Waals surface area contributed by atoms with Crippen LogP contribution in [0, 0.1) is 5.82 Å². The van der Waals surface area contributed by atoms with E-state index in [2.05, 4.69) is 22.4 Å². The number of aromatic nitrogens is 3. The van der Waals surface area contributed by atoms with Crippen LogP contribution < -0.4 is 10.1 Å². The number of carbonyl (C=O) groups excluding carboxylic acids is 1. The normalized spacial score (nSPS) is 16.2. The molecular weight excluding hydrogens is 349 g/mol. The van der Waals surface area contributed by atoms with Crippen molar-refractivity contribution in [1.82, 2.24) is 25.0 Å². The van der Waals surface area contributed by atoms with E-state index in [-0.39, 0.29) is 29.7 Å². The molecule has 146 valence electrons. The third-order valence-corrected chi connectivity index (χ3v) is 4.70. The van der Waals surface area contributed by atoms with E-state index in [4.69, 9.17) is 4.74 Å². The van der Waals surface area contributed by atoms with Crippen LogP contribution in [0.2, 0.25) is 0 Å². The molecule has 2 heterocycles. The Balaban J connectivity index is 1.49. The third kappa shape index (κ3) is 4.75. The average molecular weight is 375 g/mol. The summed E-state index contributed by atoms with van der Waals surface area (Å²) >= 11 is 0. The number of hydrogen-bond acceptors (Lipinski definition) is 4. The Morgan fingerprint density at radius 3 is 2.81 bits per heavy atom. The van der Waals surface area contributed by atoms with Crippen LogP contribution in [0.25, 0.3) is 0 Å². The largest absolute Gasteiger partial charge is 0.487 e. The van der Waals surface area contributed by atoms with Crippen molar-refractivity contribution in [3.05, 3.63) is 42.2 Å². The van der Waals surface area contributed by atoms with E-state index in [1.807, 2.05) is 11.5 Å². The molecule has 0 aliphatic carbocycles. The van der Waals surface area contributed by atoms with Crippen LogP contribution in [0.3, 0.4) is 0 Å². The monoisotopic (exact) mass is 375 g/mol. The van der Waals surface area contributed by atoms with Crippen molar-refractivity contribution in [3.63, 3.8) is 0 Å². The Morgan fingerprint density at radius 1 is 1.37 bits per heavy atom. The molecule has 1 aromatic carbocycles. The second kappa shape index (κ2) is 8.83. The topological polar surface area (TPSA) is 72.3 Å². The van der Waals surface area contributed by atoms with Gasteiger partial charge in [-0.1, -0.05) is 19.1 Å². The average Bonchev–Trinajstić information content (AvgIpc) is 3.13. The number of nitrogens with zero attached hydrogens (tertiary/aromatic N) is 4. The van der Waals surface area contributed by atoms with Crippen molar-refractivity contribution in [2.24, 2.45) is 0 Å². The third-order valence-electron chi connectivity index (χ3n) is 4.70. The molecule has 8 heteroatoms. The van der Waals surface area contributed by atoms with Crippen molar-refractivity contribution in [1.29, 1.82) is 0 Å². The van der Waals surface area contributed by atoms with Crippen LogP contribution in [-0.4, -0.2) is 44.9 Å². The standard InChI is InChI=1S/C19H26FN5O2/c1-3-10-25-13-21-23-18(25)14(2)22-19(26)24-11-8-15(9-12-24)27-17-7-5-4-6-16(17)20/h4-7,13-15H,3,8-12H2,1-2H3,(H,22,26)/t14-/m0/s1. The van der Waals surface area contributed by atoms with Gasteiger partial charge in [-0.05, 0) is 25.5 Å². The number of nitrogens with one attached hydrogen (secondary N) is 1. The summed E-state index contributed by atoms with van der Waals surface area (Å²) in [4.78, 5) is 14.3. The Labute approximate surface area is 158 Å². The van der Waals surface area contributed by atoms with Gasteiger partial charge in [0.25, 0.3) is 0 Å². The molecule has 0 radical (unpaired) electrons. The van der Waals surface area contributed by atoms with E-state index < -0.39 is 0 Å². The number of hydrogen-bond donors (Lipinski definition) is 1. The number of halogens is 1. The van der Waals surface area contributed by atoms with E-state index in [0.29, 0.717) is 25.9 Å². The predicted octanol–water partition coefficient (Wildman–Crippen LogP) is 3.14. The number of likely N-dealkylation sites (tertiary alicyclic amines) is 1. The number of piperidine rings is 1. The molecule has 1 fully saturated rings. The van der Waals surface area contributed by atoms with Gasteiger partial charge in [-0.15, -0.1) is 10.2 Å². The molecule has 3 rings (SSSR count). The number of aryl methyl sites for hydroxylation is 1. The first-order valence-electron chi connectivity index (χ1n) is 9.42. The molecule has 0 saturated carbocycles. The lowest BCUT2D eigenvalue weighted by Crippen LogP contribution is -2.47. The molecule has 1 saturated heterocycles. The smallest absolute Gasteiger partial charge is 0.317 e. The summed E-state index contributed by atoms with van der Waals surface area (Å²) in [6, 6.07) is 6.05. The number of benzene rings is 1. The zero-order valence-corrected chi connectivity index (χ0v) is 15.8. The van der Waals surface area contributed by atoms with Gasteiger partial charge < -0.3 is 19.5 Å². The van der Waals surface area contributed by atoms with Gasteiger partial charge in [-0.2, -0.15) is 0 Å². The maximum Gasteiger partial charge on any atom is 0.317 e. The fourth-order valence-corrected chi connectivity index (χ4v) is 3.25. The molecule has 2 amide bonds. The number of ether oxygens (including phenoxy) is 1. The summed E-state index contributed by atoms with van der Waals surface area (Å²) in [6.45, 7) is 5.95. The van der Waals surface area contributed by atoms with Crippen molar-refractivity contribution in [2.75, 3.05) is 13.1 Å². The summed E-state index contributed by atoms with van der Waals surface area (Å²) in [7, 11) is 0. The van der Waals surface area contributed by atoms with Gasteiger partial charge in [0.15, 0.2) is 17.4 Å². The first-order chi connectivity index (χ1) is 13.1. The van der Waals surface area contributed by atoms with Crippen LogP contribution in [-0.2, 0) is 6.54 Å². The maximum atomic E-state index is 13.7. The number of amides is 2. The molecule has 1 aliphatic rings. The molecule has 1 aliphatic heterocycles. The minimum Gasteiger partial charge on any atom is -0.487 e. The molecule has 1 N–H and O–H groups in total. The van der Waals surface area contributed by atoms with Gasteiger partial charge in [0.2, 0.25) is 0 Å². The van der Waals surface area contributed by atoms with Crippen molar-refractivity contribution < 1.29 is 13.9 Å². The molecule has 0 bridgehead atoms. The van der Waals surface area contributed by atoms with Crippen LogP contribution in [0.1, 0.15) is 45.0 Å². The van der Waals surface area contributed by atoms with Crippen LogP contribution >= 0.6 is 0 Å². The molecule has 1 atom stereocenters. The van der Waals surface area contributed by atoms with E-state index in [1.54, 1.807) is 29.4 Å². The molecule has 2 aromatic rings. The summed E-state index contributed by atoms with van der Waals surface area (Å²) in [5, 5.41) is 11.1. The molecular formula is C19H26FN5O2. The van der Waals surface area contributed by atoms with Crippen LogP contribution in [0.5, 0.6) is 5.75 Å². The van der Waals surface area contributed by atoms with E-state index in [1.165, 1.54) is 6.07 Å². The first-order valence-corrected chi connectivity index (χ1v) is 9.42. The highest BCUT2D eigenvalue weighted by atomic mass is 19.1. The lowest BCUT2D eigenvalue weighted by atomic mass is 10.1. The Kier molecular flexibility index (Phi) is 6.26. The van der Waals surface area contributed by atoms with E-state index >= 15 is 0 Å². The molecule has 0 spiro atoms. The van der Waals surface area contributed by atoms with Gasteiger partial charge in [0.05, 0.1) is 6.04 Å². The van der Waals surface area contributed by atoms with Gasteiger partial charge in [0, 0.05) is 32.5 Å². The first kappa shape index (κ1) is 19.1. The van der Waals surface area contributed by atoms with Crippen LogP contribution in [0.15, 0.2) is 30.6 Å². The second-order valence-electron chi connectivity index (χ2n) is 6.79. The SMILES string of the molecule is CCCn1cnnc1[C@H](C)NC(=O)N1CCC(Oc2ccccc2F)CC1. The van der Waals surface area contributed by atoms with Crippen LogP contribution in [0.4, 0.5) is 9.18 Å². The number of urea groups is 1. The van der Waals surface area contributed by atoms with Crippen molar-refractivity contribution >= 4 is 6.03 Å². The Morgan fingerprint density at radius 2 is 2.11 bits per heavy atom. The summed E-state index contributed by atoms with van der Waals surface area (Å²) < 4.78 is 21.4. The zero-order valence-electron chi connectivity index (χ0n) is 15.8. The summed E-state index contributed by atoms with van der Waals surface area (Å²) in [5.41, 5.74) is 0. The number of carbonyl (C=O) groups is 1. The number of rotatable bonds is 6. The summed E-state index contributed by atoms with van der Waals surface area (Å²) in [6.07, 6.45) is 3.91. The predicted molar refractivity (Wildman–Crippen MR) is 98.9 cm³/mol.